The number of fused-ring (bicyclic) bond motifs is 2. The van der Waals surface area contributed by atoms with E-state index in [4.69, 9.17) is 32.0 Å². The Morgan fingerprint density at radius 2 is 1.35 bits per heavy atom. The van der Waals surface area contributed by atoms with E-state index in [1.54, 1.807) is 77.1 Å². The molecule has 0 radical (unpaired) electrons. The summed E-state index contributed by atoms with van der Waals surface area (Å²) < 4.78 is 46.2. The Hall–Kier alpha value is -7.00. The van der Waals surface area contributed by atoms with Crippen molar-refractivity contribution in [3.63, 3.8) is 0 Å². The summed E-state index contributed by atoms with van der Waals surface area (Å²) in [5, 5.41) is 5.96. The molecule has 2 amide bonds. The number of furan rings is 2. The fourth-order valence-corrected chi connectivity index (χ4v) is 12.3. The van der Waals surface area contributed by atoms with Gasteiger partial charge in [-0.25, -0.2) is 13.1 Å². The van der Waals surface area contributed by atoms with Crippen molar-refractivity contribution >= 4 is 101 Å². The number of hydrogen-bond acceptors (Lipinski definition) is 12. The molecule has 0 unspecified atom stereocenters. The van der Waals surface area contributed by atoms with Crippen molar-refractivity contribution in [2.45, 2.75) is 48.1 Å². The van der Waals surface area contributed by atoms with Crippen LogP contribution in [0.1, 0.15) is 44.5 Å². The summed E-state index contributed by atoms with van der Waals surface area (Å²) in [6.45, 7) is 0.519. The second kappa shape index (κ2) is 22.2. The van der Waals surface area contributed by atoms with E-state index in [0.717, 1.165) is 31.2 Å². The monoisotopic (exact) mass is 1100 g/mol. The maximum Gasteiger partial charge on any atom is 0.248 e. The van der Waals surface area contributed by atoms with Crippen LogP contribution in [0.4, 0.5) is 0 Å². The van der Waals surface area contributed by atoms with Gasteiger partial charge in [-0.1, -0.05) is 59.6 Å². The molecule has 4 aromatic carbocycles. The zero-order valence-electron chi connectivity index (χ0n) is 38.7. The Bertz CT molecular complexity index is 3860. The highest BCUT2D eigenvalue weighted by atomic mass is 35.5. The Balaban J connectivity index is 0.900. The van der Waals surface area contributed by atoms with E-state index in [9.17, 15) is 27.6 Å². The SMILES string of the molecule is O=C([C@@H](NSc1ccc2[nH]c(=O)ccc2c1)c1ccc(Cl)cc1)N(Cc1cc(-c2csc(CN(Cc3ccco3)C(=O)[C@H](NS(=O)(=O)c3ccc4[nH]c(=O)ccc4c3)c3ccccc3Cl)c2)co1)Cc1cccs1. The van der Waals surface area contributed by atoms with Crippen LogP contribution in [-0.2, 0) is 45.8 Å². The lowest BCUT2D eigenvalue weighted by Gasteiger charge is -2.28. The number of amides is 2. The molecule has 0 aliphatic heterocycles. The lowest BCUT2D eigenvalue weighted by atomic mass is 10.1. The first-order chi connectivity index (χ1) is 35.8. The maximum atomic E-state index is 15.0. The number of aromatic nitrogens is 2. The van der Waals surface area contributed by atoms with E-state index in [-0.39, 0.29) is 52.1 Å². The van der Waals surface area contributed by atoms with Crippen LogP contribution in [0.3, 0.4) is 0 Å². The number of rotatable bonds is 19. The highest BCUT2D eigenvalue weighted by Gasteiger charge is 2.34. The zero-order chi connectivity index (χ0) is 51.3. The molecule has 0 aliphatic rings. The number of halogens is 2. The van der Waals surface area contributed by atoms with Gasteiger partial charge in [0.05, 0.1) is 43.6 Å². The number of nitrogens with zero attached hydrogens (tertiary/aromatic N) is 2. The predicted octanol–water partition coefficient (Wildman–Crippen LogP) is 11.5. The zero-order valence-corrected chi connectivity index (χ0v) is 43.5. The summed E-state index contributed by atoms with van der Waals surface area (Å²) in [4.78, 5) is 64.9. The summed E-state index contributed by atoms with van der Waals surface area (Å²) in [5.74, 6) is 0.217. The molecule has 14 nitrogen and oxygen atoms in total. The fourth-order valence-electron chi connectivity index (χ4n) is 8.29. The Kier molecular flexibility index (Phi) is 15.2. The highest BCUT2D eigenvalue weighted by molar-refractivity contribution is 7.97. The third-order valence-corrected chi connectivity index (χ3v) is 16.6. The van der Waals surface area contributed by atoms with E-state index < -0.39 is 28.0 Å². The van der Waals surface area contributed by atoms with Gasteiger partial charge >= 0.3 is 0 Å². The van der Waals surface area contributed by atoms with Crippen LogP contribution < -0.4 is 20.6 Å². The van der Waals surface area contributed by atoms with Gasteiger partial charge in [0.1, 0.15) is 23.6 Å². The van der Waals surface area contributed by atoms with E-state index in [1.165, 1.54) is 70.8 Å². The molecule has 0 bridgehead atoms. The van der Waals surface area contributed by atoms with Gasteiger partial charge in [-0.15, -0.1) is 22.7 Å². The van der Waals surface area contributed by atoms with Crippen molar-refractivity contribution in [2.24, 2.45) is 0 Å². The summed E-state index contributed by atoms with van der Waals surface area (Å²) in [6.07, 6.45) is 3.13. The number of aromatic amines is 2. The smallest absolute Gasteiger partial charge is 0.248 e. The first-order valence-electron chi connectivity index (χ1n) is 22.8. The van der Waals surface area contributed by atoms with Gasteiger partial charge in [-0.3, -0.25) is 19.2 Å². The van der Waals surface area contributed by atoms with Gasteiger partial charge in [-0.05, 0) is 147 Å². The Morgan fingerprint density at radius 1 is 0.649 bits per heavy atom. The third-order valence-electron chi connectivity index (χ3n) is 12.0. The standard InChI is InChI=1S/C54H42Cl2N6O8S4/c55-38-13-9-33(10-14-38)51(59-73-41-15-17-47-34(24-41)11-19-49(63)57-47)53(65)62(29-42-6-4-22-71-42)28-40-23-36(31-70-40)37-25-43(72-32-37)30-61(27-39-5-3-21-69-39)54(66)52(45-7-1-2-8-46(45)56)60-74(67,68)44-16-18-48-35(26-44)12-20-50(64)58-48/h1-26,31-32,51-52,59-60H,27-30H2,(H,57,63)(H,58,64)/t51-,52+/m0/s1. The molecular formula is C54H42Cl2N6O8S4. The first kappa shape index (κ1) is 50.5. The normalized spacial score (nSPS) is 12.5. The molecule has 2 atom stereocenters. The van der Waals surface area contributed by atoms with Crippen LogP contribution in [-0.4, -0.2) is 40.0 Å². The third kappa shape index (κ3) is 11.8. The molecule has 10 rings (SSSR count). The first-order valence-corrected chi connectivity index (χ1v) is 27.6. The number of H-pyrrole nitrogens is 2. The molecule has 0 saturated heterocycles. The number of thiophene rings is 2. The molecule has 374 valence electrons. The lowest BCUT2D eigenvalue weighted by molar-refractivity contribution is -0.135. The van der Waals surface area contributed by atoms with Crippen LogP contribution in [0, 0.1) is 0 Å². The molecular weight excluding hydrogens is 1060 g/mol. The number of hydrogen-bond donors (Lipinski definition) is 4. The molecule has 4 N–H and O–H groups in total. The number of carbonyl (C=O) groups excluding carboxylic acids is 2. The minimum absolute atomic E-state index is 0.00370. The summed E-state index contributed by atoms with van der Waals surface area (Å²) in [6, 6.07) is 38.6. The minimum atomic E-state index is -4.36. The van der Waals surface area contributed by atoms with Crippen molar-refractivity contribution < 1.29 is 26.8 Å². The quantitative estimate of drug-likeness (QED) is 0.0567. The van der Waals surface area contributed by atoms with Crippen molar-refractivity contribution in [1.82, 2.24) is 29.2 Å². The minimum Gasteiger partial charge on any atom is -0.467 e. The molecule has 6 heterocycles. The van der Waals surface area contributed by atoms with Crippen molar-refractivity contribution in [2.75, 3.05) is 0 Å². The van der Waals surface area contributed by atoms with Gasteiger partial charge < -0.3 is 28.6 Å². The molecule has 74 heavy (non-hydrogen) atoms. The second-order valence-electron chi connectivity index (χ2n) is 17.1. The number of nitrogens with one attached hydrogen (secondary N) is 4. The largest absolute Gasteiger partial charge is 0.467 e. The van der Waals surface area contributed by atoms with Gasteiger partial charge in [0.2, 0.25) is 33.0 Å². The Labute approximate surface area is 445 Å². The molecule has 0 saturated carbocycles. The number of sulfonamides is 1. The highest BCUT2D eigenvalue weighted by Crippen LogP contribution is 2.34. The summed E-state index contributed by atoms with van der Waals surface area (Å²) in [7, 11) is -4.36. The molecule has 10 aromatic rings. The second-order valence-corrected chi connectivity index (χ2v) is 22.6. The van der Waals surface area contributed by atoms with Gasteiger partial charge in [0.25, 0.3) is 0 Å². The van der Waals surface area contributed by atoms with Crippen LogP contribution in [0.2, 0.25) is 10.0 Å². The summed E-state index contributed by atoms with van der Waals surface area (Å²) >= 11 is 17.3. The van der Waals surface area contributed by atoms with Crippen LogP contribution in [0.5, 0.6) is 0 Å². The average Bonchev–Trinajstić information content (AvgIpc) is 4.26. The van der Waals surface area contributed by atoms with E-state index in [0.29, 0.717) is 45.1 Å². The average molecular weight is 1100 g/mol. The number of pyridine rings is 2. The summed E-state index contributed by atoms with van der Waals surface area (Å²) in [5.41, 5.74) is 3.15. The molecule has 0 fully saturated rings. The van der Waals surface area contributed by atoms with E-state index in [2.05, 4.69) is 19.4 Å². The molecule has 0 spiro atoms. The number of benzene rings is 4. The predicted molar refractivity (Wildman–Crippen MR) is 290 cm³/mol. The number of carbonyl (C=O) groups is 2. The van der Waals surface area contributed by atoms with Crippen LogP contribution in [0.15, 0.2) is 197 Å². The molecule has 0 aliphatic carbocycles. The van der Waals surface area contributed by atoms with Crippen LogP contribution >= 0.6 is 57.8 Å². The lowest BCUT2D eigenvalue weighted by Crippen LogP contribution is -2.42. The fraction of sp³-hybridized carbons (Fsp3) is 0.111. The van der Waals surface area contributed by atoms with Crippen molar-refractivity contribution in [3.05, 3.63) is 232 Å². The van der Waals surface area contributed by atoms with Gasteiger partial charge in [0.15, 0.2) is 0 Å². The Morgan fingerprint density at radius 3 is 2.07 bits per heavy atom. The van der Waals surface area contributed by atoms with E-state index >= 15 is 0 Å². The van der Waals surface area contributed by atoms with Gasteiger partial charge in [-0.2, -0.15) is 4.72 Å². The molecule has 20 heteroatoms. The molecule has 6 aromatic heterocycles. The van der Waals surface area contributed by atoms with Crippen molar-refractivity contribution in [1.29, 1.82) is 0 Å². The van der Waals surface area contributed by atoms with Crippen molar-refractivity contribution in [3.8, 4) is 11.1 Å². The van der Waals surface area contributed by atoms with Gasteiger partial charge in [0, 0.05) is 53.4 Å². The van der Waals surface area contributed by atoms with Crippen LogP contribution in [0.25, 0.3) is 32.9 Å². The van der Waals surface area contributed by atoms with E-state index in [1.807, 2.05) is 65.4 Å². The topological polar surface area (TPSA) is 191 Å². The maximum absolute atomic E-state index is 15.0.